The lowest BCUT2D eigenvalue weighted by Crippen LogP contribution is -2.22. The summed E-state index contributed by atoms with van der Waals surface area (Å²) in [7, 11) is 0. The molecule has 0 aliphatic heterocycles. The number of benzene rings is 1. The van der Waals surface area contributed by atoms with Crippen LogP contribution in [-0.2, 0) is 6.42 Å². The van der Waals surface area contributed by atoms with Crippen molar-refractivity contribution in [3.63, 3.8) is 0 Å². The maximum absolute atomic E-state index is 12.4. The molecule has 0 atom stereocenters. The molecule has 1 aromatic heterocycles. The van der Waals surface area contributed by atoms with Gasteiger partial charge in [-0.25, -0.2) is 4.68 Å². The Balaban J connectivity index is 2.09. The number of aromatic nitrogens is 2. The van der Waals surface area contributed by atoms with E-state index in [1.165, 1.54) is 15.8 Å². The number of hydrogen-bond acceptors (Lipinski definition) is 3. The van der Waals surface area contributed by atoms with Gasteiger partial charge in [0, 0.05) is 5.69 Å². The van der Waals surface area contributed by atoms with E-state index < -0.39 is 0 Å². The van der Waals surface area contributed by atoms with Gasteiger partial charge in [-0.1, -0.05) is 31.0 Å². The minimum absolute atomic E-state index is 0.000914. The molecule has 23 heavy (non-hydrogen) atoms. The Morgan fingerprint density at radius 1 is 1.22 bits per heavy atom. The molecule has 0 unspecified atom stereocenters. The Kier molecular flexibility index (Phi) is 5.59. The first-order valence-corrected chi connectivity index (χ1v) is 8.22. The van der Waals surface area contributed by atoms with Gasteiger partial charge < -0.3 is 4.74 Å². The lowest BCUT2D eigenvalue weighted by atomic mass is 10.1. The number of hydrogen-bond donors (Lipinski definition) is 0. The summed E-state index contributed by atoms with van der Waals surface area (Å²) in [6.45, 7) is 10.1. The first-order chi connectivity index (χ1) is 10.9. The highest BCUT2D eigenvalue weighted by Gasteiger charge is 2.16. The summed E-state index contributed by atoms with van der Waals surface area (Å²) in [5.41, 5.74) is 5.28. The molecule has 1 aromatic carbocycles. The SMILES string of the molecule is CCCCc1c(C)nn(C(=O)COc2ccc(C)cc2C)c1C. The molecule has 0 fully saturated rings. The van der Waals surface area contributed by atoms with Crippen LogP contribution in [0.1, 0.15) is 52.6 Å². The summed E-state index contributed by atoms with van der Waals surface area (Å²) in [6, 6.07) is 5.94. The Morgan fingerprint density at radius 3 is 2.61 bits per heavy atom. The summed E-state index contributed by atoms with van der Waals surface area (Å²) < 4.78 is 7.17. The third kappa shape index (κ3) is 4.01. The molecule has 2 aromatic rings. The second-order valence-corrected chi connectivity index (χ2v) is 6.12. The van der Waals surface area contributed by atoms with Gasteiger partial charge in [-0.15, -0.1) is 0 Å². The molecule has 0 bridgehead atoms. The second-order valence-electron chi connectivity index (χ2n) is 6.12. The van der Waals surface area contributed by atoms with E-state index in [1.54, 1.807) is 0 Å². The molecule has 4 nitrogen and oxygen atoms in total. The Bertz CT molecular complexity index is 702. The van der Waals surface area contributed by atoms with Crippen LogP contribution in [0.4, 0.5) is 0 Å². The summed E-state index contributed by atoms with van der Waals surface area (Å²) in [4.78, 5) is 12.4. The van der Waals surface area contributed by atoms with Crippen LogP contribution in [0.2, 0.25) is 0 Å². The van der Waals surface area contributed by atoms with Crippen LogP contribution in [0.15, 0.2) is 18.2 Å². The molecule has 0 aliphatic rings. The van der Waals surface area contributed by atoms with Crippen molar-refractivity contribution >= 4 is 5.91 Å². The van der Waals surface area contributed by atoms with Crippen LogP contribution in [0.25, 0.3) is 0 Å². The quantitative estimate of drug-likeness (QED) is 0.803. The van der Waals surface area contributed by atoms with Gasteiger partial charge in [0.25, 0.3) is 5.91 Å². The van der Waals surface area contributed by atoms with Gasteiger partial charge in [-0.2, -0.15) is 5.10 Å². The Hall–Kier alpha value is -2.10. The van der Waals surface area contributed by atoms with E-state index in [-0.39, 0.29) is 12.5 Å². The second kappa shape index (κ2) is 7.44. The maximum atomic E-state index is 12.4. The summed E-state index contributed by atoms with van der Waals surface area (Å²) in [5.74, 6) is 0.616. The number of carbonyl (C=O) groups is 1. The summed E-state index contributed by atoms with van der Waals surface area (Å²) in [5, 5.41) is 4.40. The van der Waals surface area contributed by atoms with Crippen LogP contribution >= 0.6 is 0 Å². The fourth-order valence-corrected chi connectivity index (χ4v) is 2.80. The van der Waals surface area contributed by atoms with Crippen molar-refractivity contribution in [2.45, 2.75) is 53.9 Å². The monoisotopic (exact) mass is 314 g/mol. The molecule has 0 saturated heterocycles. The molecule has 1 heterocycles. The van der Waals surface area contributed by atoms with Gasteiger partial charge in [0.05, 0.1) is 5.69 Å². The maximum Gasteiger partial charge on any atom is 0.284 e. The smallest absolute Gasteiger partial charge is 0.284 e. The number of unbranched alkanes of at least 4 members (excludes halogenated alkanes) is 1. The average Bonchev–Trinajstić information content (AvgIpc) is 2.79. The molecule has 0 amide bonds. The first kappa shape index (κ1) is 17.3. The lowest BCUT2D eigenvalue weighted by Gasteiger charge is -2.10. The highest BCUT2D eigenvalue weighted by molar-refractivity contribution is 5.80. The van der Waals surface area contributed by atoms with E-state index in [1.807, 2.05) is 45.9 Å². The van der Waals surface area contributed by atoms with Gasteiger partial charge >= 0.3 is 0 Å². The van der Waals surface area contributed by atoms with Crippen LogP contribution in [0.3, 0.4) is 0 Å². The predicted octanol–water partition coefficient (Wildman–Crippen LogP) is 4.18. The number of aryl methyl sites for hydroxylation is 3. The van der Waals surface area contributed by atoms with Gasteiger partial charge in [0.2, 0.25) is 0 Å². The van der Waals surface area contributed by atoms with Crippen molar-refractivity contribution in [1.29, 1.82) is 0 Å². The molecule has 0 N–H and O–H groups in total. The summed E-state index contributed by atoms with van der Waals surface area (Å²) >= 11 is 0. The fraction of sp³-hybridized carbons (Fsp3) is 0.474. The highest BCUT2D eigenvalue weighted by Crippen LogP contribution is 2.19. The molecule has 4 heteroatoms. The van der Waals surface area contributed by atoms with Crippen molar-refractivity contribution in [3.05, 3.63) is 46.3 Å². The van der Waals surface area contributed by atoms with E-state index in [0.29, 0.717) is 0 Å². The zero-order valence-electron chi connectivity index (χ0n) is 14.8. The van der Waals surface area contributed by atoms with Gasteiger partial charge in [0.15, 0.2) is 6.61 Å². The standard InChI is InChI=1S/C19H26N2O2/c1-6-7-8-17-15(4)20-21(16(17)5)19(22)12-23-18-10-9-13(2)11-14(18)3/h9-11H,6-8,12H2,1-5H3. The number of carbonyl (C=O) groups excluding carboxylic acids is 1. The van der Waals surface area contributed by atoms with E-state index in [0.717, 1.165) is 42.0 Å². The number of ether oxygens (including phenoxy) is 1. The Morgan fingerprint density at radius 2 is 1.96 bits per heavy atom. The van der Waals surface area contributed by atoms with Crippen molar-refractivity contribution in [1.82, 2.24) is 9.78 Å². The fourth-order valence-electron chi connectivity index (χ4n) is 2.80. The van der Waals surface area contributed by atoms with Gasteiger partial charge in [-0.05, 0) is 57.7 Å². The molecule has 0 radical (unpaired) electrons. The van der Waals surface area contributed by atoms with Gasteiger partial charge in [0.1, 0.15) is 5.75 Å². The molecule has 124 valence electrons. The average molecular weight is 314 g/mol. The zero-order chi connectivity index (χ0) is 17.0. The molecular weight excluding hydrogens is 288 g/mol. The van der Waals surface area contributed by atoms with Crippen molar-refractivity contribution < 1.29 is 9.53 Å². The number of rotatable bonds is 6. The molecular formula is C19H26N2O2. The minimum Gasteiger partial charge on any atom is -0.483 e. The topological polar surface area (TPSA) is 44.1 Å². The third-order valence-corrected chi connectivity index (χ3v) is 4.14. The third-order valence-electron chi connectivity index (χ3n) is 4.14. The highest BCUT2D eigenvalue weighted by atomic mass is 16.5. The largest absolute Gasteiger partial charge is 0.483 e. The van der Waals surface area contributed by atoms with E-state index in [2.05, 4.69) is 12.0 Å². The van der Waals surface area contributed by atoms with Crippen LogP contribution in [0, 0.1) is 27.7 Å². The van der Waals surface area contributed by atoms with Crippen molar-refractivity contribution in [2.75, 3.05) is 6.61 Å². The summed E-state index contributed by atoms with van der Waals surface area (Å²) in [6.07, 6.45) is 3.22. The van der Waals surface area contributed by atoms with Gasteiger partial charge in [-0.3, -0.25) is 4.79 Å². The van der Waals surface area contributed by atoms with Crippen LogP contribution in [0.5, 0.6) is 5.75 Å². The normalized spacial score (nSPS) is 10.8. The molecule has 0 spiro atoms. The van der Waals surface area contributed by atoms with E-state index in [9.17, 15) is 4.79 Å². The first-order valence-electron chi connectivity index (χ1n) is 8.22. The Labute approximate surface area is 138 Å². The lowest BCUT2D eigenvalue weighted by molar-refractivity contribution is 0.0817. The minimum atomic E-state index is -0.131. The zero-order valence-corrected chi connectivity index (χ0v) is 14.8. The predicted molar refractivity (Wildman–Crippen MR) is 92.4 cm³/mol. The molecule has 0 aliphatic carbocycles. The van der Waals surface area contributed by atoms with Crippen molar-refractivity contribution in [2.24, 2.45) is 0 Å². The van der Waals surface area contributed by atoms with Crippen LogP contribution in [-0.4, -0.2) is 22.3 Å². The molecule has 2 rings (SSSR count). The van der Waals surface area contributed by atoms with Crippen molar-refractivity contribution in [3.8, 4) is 5.75 Å². The van der Waals surface area contributed by atoms with Crippen LogP contribution < -0.4 is 4.74 Å². The number of nitrogens with zero attached hydrogens (tertiary/aromatic N) is 2. The van der Waals surface area contributed by atoms with E-state index in [4.69, 9.17) is 4.74 Å². The van der Waals surface area contributed by atoms with E-state index >= 15 is 0 Å². The molecule has 0 saturated carbocycles.